The van der Waals surface area contributed by atoms with Gasteiger partial charge in [-0.15, -0.1) is 0 Å². The molecule has 1 aliphatic rings. The van der Waals surface area contributed by atoms with Crippen molar-refractivity contribution in [2.45, 2.75) is 51.4 Å². The predicted molar refractivity (Wildman–Crippen MR) is 231 cm³/mol. The highest BCUT2D eigenvalue weighted by molar-refractivity contribution is 6.25. The van der Waals surface area contributed by atoms with Gasteiger partial charge in [-0.25, -0.2) is 0 Å². The molecule has 2 aromatic heterocycles. The predicted octanol–water partition coefficient (Wildman–Crippen LogP) is 14.2. The number of aromatic nitrogens is 2. The van der Waals surface area contributed by atoms with Crippen LogP contribution in [-0.2, 0) is 10.8 Å². The Morgan fingerprint density at radius 2 is 0.944 bits per heavy atom. The quantitative estimate of drug-likeness (QED) is 0.174. The third-order valence-corrected chi connectivity index (χ3v) is 12.8. The van der Waals surface area contributed by atoms with E-state index in [1.54, 1.807) is 0 Å². The van der Waals surface area contributed by atoms with Crippen LogP contribution in [0.3, 0.4) is 0 Å². The first kappa shape index (κ1) is 31.4. The van der Waals surface area contributed by atoms with Gasteiger partial charge in [0.05, 0.1) is 22.1 Å². The smallest absolute Gasteiger partial charge is 0.0562 e. The second-order valence-corrected chi connectivity index (χ2v) is 16.8. The summed E-state index contributed by atoms with van der Waals surface area (Å²) in [7, 11) is 0. The Morgan fingerprint density at radius 1 is 0.389 bits per heavy atom. The first-order chi connectivity index (χ1) is 26.3. The third kappa shape index (κ3) is 4.46. The number of hydrogen-bond donors (Lipinski definition) is 0. The minimum Gasteiger partial charge on any atom is -0.309 e. The van der Waals surface area contributed by atoms with E-state index in [0.717, 1.165) is 5.69 Å². The Labute approximate surface area is 315 Å². The molecule has 0 saturated carbocycles. The van der Waals surface area contributed by atoms with Crippen LogP contribution in [0.1, 0.15) is 51.7 Å². The van der Waals surface area contributed by atoms with Crippen molar-refractivity contribution in [2.24, 2.45) is 0 Å². The summed E-state index contributed by atoms with van der Waals surface area (Å²) in [6.45, 7) is 9.74. The average molecular weight is 695 g/mol. The summed E-state index contributed by atoms with van der Waals surface area (Å²) in [6, 6.07) is 59.0. The van der Waals surface area contributed by atoms with Gasteiger partial charge in [0.2, 0.25) is 0 Å². The maximum absolute atomic E-state index is 2.56. The first-order valence-corrected chi connectivity index (χ1v) is 19.4. The van der Waals surface area contributed by atoms with Crippen LogP contribution in [0.4, 0.5) is 0 Å². The Bertz CT molecular complexity index is 3130. The van der Waals surface area contributed by atoms with Crippen LogP contribution in [0, 0.1) is 0 Å². The van der Waals surface area contributed by atoms with E-state index in [1.165, 1.54) is 106 Å². The van der Waals surface area contributed by atoms with Gasteiger partial charge in [0.1, 0.15) is 0 Å². The first-order valence-electron chi connectivity index (χ1n) is 19.4. The number of para-hydroxylation sites is 1. The molecule has 10 aromatic rings. The van der Waals surface area contributed by atoms with Gasteiger partial charge < -0.3 is 9.13 Å². The molecule has 0 N–H and O–H groups in total. The molecule has 0 saturated heterocycles. The van der Waals surface area contributed by atoms with Crippen molar-refractivity contribution in [1.82, 2.24) is 9.13 Å². The number of rotatable bonds is 3. The van der Waals surface area contributed by atoms with E-state index in [0.29, 0.717) is 0 Å². The summed E-state index contributed by atoms with van der Waals surface area (Å²) in [5.74, 6) is 0. The highest BCUT2D eigenvalue weighted by Crippen LogP contribution is 2.49. The lowest BCUT2D eigenvalue weighted by molar-refractivity contribution is 0.332. The summed E-state index contributed by atoms with van der Waals surface area (Å²) in [6.07, 6.45) is 2.38. The molecule has 0 atom stereocenters. The van der Waals surface area contributed by atoms with Crippen molar-refractivity contribution >= 4 is 65.2 Å². The van der Waals surface area contributed by atoms with Crippen molar-refractivity contribution in [2.75, 3.05) is 0 Å². The van der Waals surface area contributed by atoms with Crippen LogP contribution >= 0.6 is 0 Å². The van der Waals surface area contributed by atoms with Crippen LogP contribution in [0.2, 0.25) is 0 Å². The molecule has 260 valence electrons. The van der Waals surface area contributed by atoms with Gasteiger partial charge in [0.15, 0.2) is 0 Å². The summed E-state index contributed by atoms with van der Waals surface area (Å²) in [5.41, 5.74) is 13.0. The lowest BCUT2D eigenvalue weighted by Gasteiger charge is -2.42. The standard InChI is InChI=1S/C52H42N2/c1-51(2)27-28-52(3,4)45-31-47-42(30-44(45)51)41-29-43-49(32-48(41)54(47)36-16-6-5-7-17-36)53(46-26-23-34-14-9-11-19-40(34)50(43)46)37-24-21-35(22-25-37)39-20-12-15-33-13-8-10-18-38(33)39/h5-26,29-32H,27-28H2,1-4H3. The maximum atomic E-state index is 2.56. The second kappa shape index (κ2) is 11.2. The van der Waals surface area contributed by atoms with Gasteiger partial charge in [-0.3, -0.25) is 0 Å². The Morgan fingerprint density at radius 3 is 1.70 bits per heavy atom. The molecular weight excluding hydrogens is 653 g/mol. The van der Waals surface area contributed by atoms with Gasteiger partial charge in [0.25, 0.3) is 0 Å². The fourth-order valence-corrected chi connectivity index (χ4v) is 9.76. The molecule has 2 heterocycles. The molecule has 0 aliphatic heterocycles. The summed E-state index contributed by atoms with van der Waals surface area (Å²) >= 11 is 0. The highest BCUT2D eigenvalue weighted by atomic mass is 15.0. The Balaban J connectivity index is 1.25. The number of nitrogens with zero attached hydrogens (tertiary/aromatic N) is 2. The average Bonchev–Trinajstić information content (AvgIpc) is 3.70. The summed E-state index contributed by atoms with van der Waals surface area (Å²) in [5, 5.41) is 10.3. The van der Waals surface area contributed by atoms with Crippen LogP contribution in [0.15, 0.2) is 158 Å². The minimum atomic E-state index is 0.117. The molecule has 0 bridgehead atoms. The molecule has 1 aliphatic carbocycles. The topological polar surface area (TPSA) is 9.86 Å². The fourth-order valence-electron chi connectivity index (χ4n) is 9.76. The van der Waals surface area contributed by atoms with Gasteiger partial charge >= 0.3 is 0 Å². The highest BCUT2D eigenvalue weighted by Gasteiger charge is 2.38. The molecule has 0 unspecified atom stereocenters. The normalized spacial score (nSPS) is 15.2. The molecule has 0 radical (unpaired) electrons. The van der Waals surface area contributed by atoms with E-state index in [2.05, 4.69) is 195 Å². The molecule has 0 fully saturated rings. The molecule has 8 aromatic carbocycles. The molecule has 2 nitrogen and oxygen atoms in total. The number of fused-ring (bicyclic) bond motifs is 10. The molecule has 54 heavy (non-hydrogen) atoms. The second-order valence-electron chi connectivity index (χ2n) is 16.8. The van der Waals surface area contributed by atoms with Crippen LogP contribution < -0.4 is 0 Å². The zero-order chi connectivity index (χ0) is 36.3. The monoisotopic (exact) mass is 694 g/mol. The number of hydrogen-bond acceptors (Lipinski definition) is 0. The molecular formula is C52H42N2. The Kier molecular flexibility index (Phi) is 6.51. The van der Waals surface area contributed by atoms with E-state index in [4.69, 9.17) is 0 Å². The molecule has 0 amide bonds. The lowest BCUT2D eigenvalue weighted by atomic mass is 9.63. The lowest BCUT2D eigenvalue weighted by Crippen LogP contribution is -2.33. The van der Waals surface area contributed by atoms with E-state index < -0.39 is 0 Å². The largest absolute Gasteiger partial charge is 0.309 e. The fraction of sp³-hybridized carbons (Fsp3) is 0.154. The van der Waals surface area contributed by atoms with E-state index in [9.17, 15) is 0 Å². The van der Waals surface area contributed by atoms with Crippen LogP contribution in [-0.4, -0.2) is 9.13 Å². The SMILES string of the molecule is CC1(C)CCC(C)(C)c2cc3c(cc21)c1cc2c4c5ccccc5ccc4n(-c4ccc(-c5cccc6ccccc56)cc4)c2cc1n3-c1ccccc1. The van der Waals surface area contributed by atoms with Crippen molar-refractivity contribution < 1.29 is 0 Å². The van der Waals surface area contributed by atoms with Crippen molar-refractivity contribution in [3.63, 3.8) is 0 Å². The zero-order valence-corrected chi connectivity index (χ0v) is 31.3. The van der Waals surface area contributed by atoms with E-state index in [1.807, 2.05) is 0 Å². The van der Waals surface area contributed by atoms with Crippen molar-refractivity contribution in [1.29, 1.82) is 0 Å². The molecule has 11 rings (SSSR count). The summed E-state index contributed by atoms with van der Waals surface area (Å²) in [4.78, 5) is 0. The number of benzene rings is 8. The van der Waals surface area contributed by atoms with Crippen LogP contribution in [0.5, 0.6) is 0 Å². The molecule has 2 heteroatoms. The minimum absolute atomic E-state index is 0.117. The van der Waals surface area contributed by atoms with Gasteiger partial charge in [0, 0.05) is 32.9 Å². The Hall–Kier alpha value is -6.12. The van der Waals surface area contributed by atoms with E-state index >= 15 is 0 Å². The van der Waals surface area contributed by atoms with Crippen molar-refractivity contribution in [3.05, 3.63) is 169 Å². The van der Waals surface area contributed by atoms with Crippen LogP contribution in [0.25, 0.3) is 87.7 Å². The summed E-state index contributed by atoms with van der Waals surface area (Å²) < 4.78 is 5.01. The third-order valence-electron chi connectivity index (χ3n) is 12.8. The maximum Gasteiger partial charge on any atom is 0.0562 e. The van der Waals surface area contributed by atoms with E-state index in [-0.39, 0.29) is 10.8 Å². The van der Waals surface area contributed by atoms with Crippen molar-refractivity contribution in [3.8, 4) is 22.5 Å². The zero-order valence-electron chi connectivity index (χ0n) is 31.3. The van der Waals surface area contributed by atoms with Gasteiger partial charge in [-0.05, 0) is 122 Å². The van der Waals surface area contributed by atoms with Gasteiger partial charge in [-0.1, -0.05) is 131 Å². The van der Waals surface area contributed by atoms with Gasteiger partial charge in [-0.2, -0.15) is 0 Å². The molecule has 0 spiro atoms.